The molecule has 5 nitrogen and oxygen atoms in total. The van der Waals surface area contributed by atoms with Crippen LogP contribution in [0.5, 0.6) is 0 Å². The molecular formula is C20H20N4O. The Hall–Kier alpha value is -2.68. The van der Waals surface area contributed by atoms with Gasteiger partial charge in [-0.15, -0.1) is 0 Å². The zero-order valence-electron chi connectivity index (χ0n) is 14.2. The minimum atomic E-state index is 0.0622. The highest BCUT2D eigenvalue weighted by Crippen LogP contribution is 2.26. The van der Waals surface area contributed by atoms with Crippen molar-refractivity contribution in [1.82, 2.24) is 14.5 Å². The molecule has 0 bridgehead atoms. The van der Waals surface area contributed by atoms with Gasteiger partial charge in [-0.3, -0.25) is 4.90 Å². The van der Waals surface area contributed by atoms with Crippen molar-refractivity contribution in [3.05, 3.63) is 65.5 Å². The number of aryl methyl sites for hydroxylation is 1. The number of morpholine rings is 1. The highest BCUT2D eigenvalue weighted by molar-refractivity contribution is 5.76. The molecule has 4 rings (SSSR count). The van der Waals surface area contributed by atoms with E-state index in [-0.39, 0.29) is 6.10 Å². The van der Waals surface area contributed by atoms with Gasteiger partial charge in [0, 0.05) is 26.7 Å². The van der Waals surface area contributed by atoms with Crippen LogP contribution in [0.3, 0.4) is 0 Å². The Morgan fingerprint density at radius 3 is 3.08 bits per heavy atom. The van der Waals surface area contributed by atoms with E-state index in [2.05, 4.69) is 40.2 Å². The standard InChI is InChI=1S/C20H20N4O/c1-23-14-22-18-6-5-17(10-19(18)23)20-13-24(7-8-25-20)12-16-4-2-3-15(9-16)11-21/h2-6,9-10,14,20H,7-8,12-13H2,1H3/t20-/m0/s1. The highest BCUT2D eigenvalue weighted by atomic mass is 16.5. The van der Waals surface area contributed by atoms with Crippen molar-refractivity contribution in [2.75, 3.05) is 19.7 Å². The van der Waals surface area contributed by atoms with E-state index in [1.54, 1.807) is 0 Å². The molecule has 2 aromatic carbocycles. The van der Waals surface area contributed by atoms with Gasteiger partial charge in [0.2, 0.25) is 0 Å². The van der Waals surface area contributed by atoms with Crippen molar-refractivity contribution < 1.29 is 4.74 Å². The van der Waals surface area contributed by atoms with Crippen LogP contribution in [0.15, 0.2) is 48.8 Å². The lowest BCUT2D eigenvalue weighted by molar-refractivity contribution is -0.0328. The summed E-state index contributed by atoms with van der Waals surface area (Å²) in [5.41, 5.74) is 5.20. The number of hydrogen-bond donors (Lipinski definition) is 0. The van der Waals surface area contributed by atoms with Gasteiger partial charge in [0.1, 0.15) is 0 Å². The molecule has 0 aliphatic carbocycles. The zero-order valence-corrected chi connectivity index (χ0v) is 14.2. The summed E-state index contributed by atoms with van der Waals surface area (Å²) in [5, 5.41) is 9.06. The van der Waals surface area contributed by atoms with Gasteiger partial charge in [-0.1, -0.05) is 18.2 Å². The number of aromatic nitrogens is 2. The summed E-state index contributed by atoms with van der Waals surface area (Å²) in [7, 11) is 2.01. The van der Waals surface area contributed by atoms with E-state index < -0.39 is 0 Å². The van der Waals surface area contributed by atoms with Crippen LogP contribution in [0.1, 0.15) is 22.8 Å². The molecule has 25 heavy (non-hydrogen) atoms. The largest absolute Gasteiger partial charge is 0.371 e. The quantitative estimate of drug-likeness (QED) is 0.740. The summed E-state index contributed by atoms with van der Waals surface area (Å²) < 4.78 is 8.05. The van der Waals surface area contributed by atoms with E-state index in [9.17, 15) is 0 Å². The van der Waals surface area contributed by atoms with Gasteiger partial charge in [0.25, 0.3) is 0 Å². The molecule has 1 fully saturated rings. The van der Waals surface area contributed by atoms with E-state index in [1.165, 1.54) is 11.1 Å². The van der Waals surface area contributed by atoms with E-state index in [1.807, 2.05) is 36.1 Å². The molecule has 126 valence electrons. The molecule has 1 aliphatic rings. The van der Waals surface area contributed by atoms with Crippen LogP contribution in [-0.4, -0.2) is 34.1 Å². The Bertz CT molecular complexity index is 940. The average Bonchev–Trinajstić information content (AvgIpc) is 3.02. The van der Waals surface area contributed by atoms with E-state index in [0.29, 0.717) is 12.2 Å². The Kier molecular flexibility index (Phi) is 4.22. The van der Waals surface area contributed by atoms with Gasteiger partial charge >= 0.3 is 0 Å². The van der Waals surface area contributed by atoms with Crippen molar-refractivity contribution >= 4 is 11.0 Å². The second-order valence-electron chi connectivity index (χ2n) is 6.51. The van der Waals surface area contributed by atoms with E-state index in [4.69, 9.17) is 10.00 Å². The van der Waals surface area contributed by atoms with Crippen LogP contribution in [0.4, 0.5) is 0 Å². The van der Waals surface area contributed by atoms with Crippen molar-refractivity contribution in [3.8, 4) is 6.07 Å². The predicted molar refractivity (Wildman–Crippen MR) is 95.8 cm³/mol. The first-order valence-electron chi connectivity index (χ1n) is 8.47. The number of ether oxygens (including phenoxy) is 1. The Morgan fingerprint density at radius 2 is 2.20 bits per heavy atom. The first kappa shape index (κ1) is 15.8. The molecule has 0 N–H and O–H groups in total. The highest BCUT2D eigenvalue weighted by Gasteiger charge is 2.22. The van der Waals surface area contributed by atoms with Crippen LogP contribution in [0, 0.1) is 11.3 Å². The fourth-order valence-electron chi connectivity index (χ4n) is 3.39. The van der Waals surface area contributed by atoms with Gasteiger partial charge in [-0.05, 0) is 35.4 Å². The maximum atomic E-state index is 9.06. The molecule has 0 radical (unpaired) electrons. The van der Waals surface area contributed by atoms with E-state index >= 15 is 0 Å². The first-order valence-corrected chi connectivity index (χ1v) is 8.47. The smallest absolute Gasteiger partial charge is 0.0991 e. The third kappa shape index (κ3) is 3.27. The Labute approximate surface area is 147 Å². The Morgan fingerprint density at radius 1 is 1.28 bits per heavy atom. The molecule has 0 saturated carbocycles. The summed E-state index contributed by atoms with van der Waals surface area (Å²) in [5.74, 6) is 0. The summed E-state index contributed by atoms with van der Waals surface area (Å²) in [4.78, 5) is 6.76. The maximum Gasteiger partial charge on any atom is 0.0991 e. The van der Waals surface area contributed by atoms with Crippen molar-refractivity contribution in [1.29, 1.82) is 5.26 Å². The fraction of sp³-hybridized carbons (Fsp3) is 0.300. The van der Waals surface area contributed by atoms with Crippen molar-refractivity contribution in [3.63, 3.8) is 0 Å². The molecule has 1 aromatic heterocycles. The van der Waals surface area contributed by atoms with Crippen molar-refractivity contribution in [2.24, 2.45) is 7.05 Å². The zero-order chi connectivity index (χ0) is 17.2. The fourth-order valence-corrected chi connectivity index (χ4v) is 3.39. The lowest BCUT2D eigenvalue weighted by Crippen LogP contribution is -2.37. The van der Waals surface area contributed by atoms with Crippen LogP contribution in [-0.2, 0) is 18.3 Å². The summed E-state index contributed by atoms with van der Waals surface area (Å²) >= 11 is 0. The molecule has 1 atom stereocenters. The molecular weight excluding hydrogens is 312 g/mol. The lowest BCUT2D eigenvalue weighted by atomic mass is 10.1. The third-order valence-corrected chi connectivity index (χ3v) is 4.73. The van der Waals surface area contributed by atoms with Crippen LogP contribution in [0.25, 0.3) is 11.0 Å². The van der Waals surface area contributed by atoms with Crippen molar-refractivity contribution in [2.45, 2.75) is 12.6 Å². The summed E-state index contributed by atoms with van der Waals surface area (Å²) in [6, 6.07) is 16.4. The number of benzene rings is 2. The van der Waals surface area contributed by atoms with Gasteiger partial charge in [0.15, 0.2) is 0 Å². The number of fused-ring (bicyclic) bond motifs is 1. The lowest BCUT2D eigenvalue weighted by Gasteiger charge is -2.33. The SMILES string of the molecule is Cn1cnc2ccc([C@@H]3CN(Cc4cccc(C#N)c4)CCO3)cc21. The van der Waals surface area contributed by atoms with Crippen LogP contribution >= 0.6 is 0 Å². The van der Waals surface area contributed by atoms with Gasteiger partial charge < -0.3 is 9.30 Å². The Balaban J connectivity index is 1.51. The number of nitriles is 1. The molecule has 0 amide bonds. The minimum absolute atomic E-state index is 0.0622. The van der Waals surface area contributed by atoms with Gasteiger partial charge in [-0.25, -0.2) is 4.98 Å². The van der Waals surface area contributed by atoms with Gasteiger partial charge in [-0.2, -0.15) is 5.26 Å². The number of hydrogen-bond acceptors (Lipinski definition) is 4. The third-order valence-electron chi connectivity index (χ3n) is 4.73. The number of imidazole rings is 1. The second kappa shape index (κ2) is 6.67. The molecule has 5 heteroatoms. The average molecular weight is 332 g/mol. The predicted octanol–water partition coefficient (Wildman–Crippen LogP) is 3.02. The number of nitrogens with zero attached hydrogens (tertiary/aromatic N) is 4. The normalized spacial score (nSPS) is 18.3. The summed E-state index contributed by atoms with van der Waals surface area (Å²) in [6.07, 6.45) is 1.90. The molecule has 3 aromatic rings. The van der Waals surface area contributed by atoms with Crippen LogP contribution in [0.2, 0.25) is 0 Å². The molecule has 0 unspecified atom stereocenters. The second-order valence-corrected chi connectivity index (χ2v) is 6.51. The molecule has 2 heterocycles. The van der Waals surface area contributed by atoms with Gasteiger partial charge in [0.05, 0.1) is 41.7 Å². The van der Waals surface area contributed by atoms with Crippen LogP contribution < -0.4 is 0 Å². The summed E-state index contributed by atoms with van der Waals surface area (Å²) in [6.45, 7) is 3.30. The maximum absolute atomic E-state index is 9.06. The number of rotatable bonds is 3. The molecule has 0 spiro atoms. The molecule has 1 aliphatic heterocycles. The van der Waals surface area contributed by atoms with E-state index in [0.717, 1.165) is 30.7 Å². The molecule has 1 saturated heterocycles. The first-order chi connectivity index (χ1) is 12.2. The topological polar surface area (TPSA) is 54.1 Å². The minimum Gasteiger partial charge on any atom is -0.371 e. The monoisotopic (exact) mass is 332 g/mol.